The van der Waals surface area contributed by atoms with Gasteiger partial charge in [-0.25, -0.2) is 0 Å². The highest BCUT2D eigenvalue weighted by atomic mass is 16.4. The molecule has 1 heterocycles. The molecule has 0 spiro atoms. The number of carbonyl (C=O) groups is 2. The minimum atomic E-state index is -0.824. The Balaban J connectivity index is 1.97. The number of fused-ring (bicyclic) bond motifs is 1. The van der Waals surface area contributed by atoms with Crippen molar-refractivity contribution in [2.45, 2.75) is 64.8 Å². The largest absolute Gasteiger partial charge is 0.481 e. The highest BCUT2D eigenvalue weighted by molar-refractivity contribution is 5.78. The number of hydrogen-bond acceptors (Lipinski definition) is 2. The SMILES string of the molecule is CC(C)(CC(=O)O)CC(=O)N1CCCC2CCCC21. The van der Waals surface area contributed by atoms with Crippen molar-refractivity contribution >= 4 is 11.9 Å². The van der Waals surface area contributed by atoms with Crippen molar-refractivity contribution in [2.24, 2.45) is 11.3 Å². The van der Waals surface area contributed by atoms with Crippen LogP contribution in [0.1, 0.15) is 58.8 Å². The molecule has 2 unspecified atom stereocenters. The average molecular weight is 267 g/mol. The van der Waals surface area contributed by atoms with Gasteiger partial charge in [0.15, 0.2) is 0 Å². The predicted octanol–water partition coefficient (Wildman–Crippen LogP) is 2.67. The van der Waals surface area contributed by atoms with E-state index in [-0.39, 0.29) is 12.3 Å². The second kappa shape index (κ2) is 5.51. The monoisotopic (exact) mass is 267 g/mol. The number of amides is 1. The van der Waals surface area contributed by atoms with Crippen LogP contribution < -0.4 is 0 Å². The van der Waals surface area contributed by atoms with E-state index in [4.69, 9.17) is 5.11 Å². The van der Waals surface area contributed by atoms with Crippen molar-refractivity contribution < 1.29 is 14.7 Å². The van der Waals surface area contributed by atoms with Gasteiger partial charge in [-0.2, -0.15) is 0 Å². The zero-order valence-corrected chi connectivity index (χ0v) is 12.0. The van der Waals surface area contributed by atoms with Crippen molar-refractivity contribution in [3.63, 3.8) is 0 Å². The maximum Gasteiger partial charge on any atom is 0.303 e. The van der Waals surface area contributed by atoms with Gasteiger partial charge in [0.25, 0.3) is 0 Å². The van der Waals surface area contributed by atoms with Crippen LogP contribution in [-0.2, 0) is 9.59 Å². The van der Waals surface area contributed by atoms with Gasteiger partial charge in [-0.05, 0) is 37.0 Å². The van der Waals surface area contributed by atoms with E-state index in [0.29, 0.717) is 18.4 Å². The summed E-state index contributed by atoms with van der Waals surface area (Å²) < 4.78 is 0. The summed E-state index contributed by atoms with van der Waals surface area (Å²) in [7, 11) is 0. The molecule has 108 valence electrons. The molecule has 2 fully saturated rings. The summed E-state index contributed by atoms with van der Waals surface area (Å²) >= 11 is 0. The molecule has 1 amide bonds. The number of carboxylic acid groups (broad SMARTS) is 1. The quantitative estimate of drug-likeness (QED) is 0.852. The zero-order chi connectivity index (χ0) is 14.0. The highest BCUT2D eigenvalue weighted by Crippen LogP contribution is 2.38. The first-order chi connectivity index (χ1) is 8.89. The third-order valence-corrected chi connectivity index (χ3v) is 4.57. The van der Waals surface area contributed by atoms with Gasteiger partial charge < -0.3 is 10.0 Å². The van der Waals surface area contributed by atoms with Gasteiger partial charge in [-0.15, -0.1) is 0 Å². The highest BCUT2D eigenvalue weighted by Gasteiger charge is 2.38. The first-order valence-corrected chi connectivity index (χ1v) is 7.40. The summed E-state index contributed by atoms with van der Waals surface area (Å²) in [6, 6.07) is 0.432. The number of carbonyl (C=O) groups excluding carboxylic acids is 1. The first-order valence-electron chi connectivity index (χ1n) is 7.40. The van der Waals surface area contributed by atoms with Gasteiger partial charge in [0, 0.05) is 19.0 Å². The van der Waals surface area contributed by atoms with E-state index in [1.54, 1.807) is 0 Å². The number of carboxylic acids is 1. The summed E-state index contributed by atoms with van der Waals surface area (Å²) in [5, 5.41) is 8.90. The fourth-order valence-corrected chi connectivity index (χ4v) is 3.75. The second-order valence-electron chi connectivity index (χ2n) is 6.90. The van der Waals surface area contributed by atoms with Gasteiger partial charge >= 0.3 is 5.97 Å². The van der Waals surface area contributed by atoms with Crippen molar-refractivity contribution in [1.82, 2.24) is 4.90 Å². The number of hydrogen-bond donors (Lipinski definition) is 1. The van der Waals surface area contributed by atoms with E-state index in [0.717, 1.165) is 19.4 Å². The third kappa shape index (κ3) is 3.48. The van der Waals surface area contributed by atoms with E-state index in [9.17, 15) is 9.59 Å². The average Bonchev–Trinajstić information content (AvgIpc) is 2.73. The Hall–Kier alpha value is -1.06. The molecule has 1 saturated carbocycles. The number of aliphatic carboxylic acids is 1. The standard InChI is InChI=1S/C15H25NO3/c1-15(2,10-14(18)19)9-13(17)16-8-4-6-11-5-3-7-12(11)16/h11-12H,3-10H2,1-2H3,(H,18,19). The molecule has 0 aromatic carbocycles. The van der Waals surface area contributed by atoms with Crippen LogP contribution in [0.25, 0.3) is 0 Å². The van der Waals surface area contributed by atoms with Crippen LogP contribution in [0.15, 0.2) is 0 Å². The van der Waals surface area contributed by atoms with Gasteiger partial charge in [-0.3, -0.25) is 9.59 Å². The Bertz CT molecular complexity index is 364. The molecule has 2 atom stereocenters. The lowest BCUT2D eigenvalue weighted by Gasteiger charge is -2.39. The molecular weight excluding hydrogens is 242 g/mol. The molecule has 0 radical (unpaired) electrons. The third-order valence-electron chi connectivity index (χ3n) is 4.57. The Morgan fingerprint density at radius 1 is 1.16 bits per heavy atom. The molecule has 1 saturated heterocycles. The molecule has 1 aliphatic heterocycles. The number of likely N-dealkylation sites (tertiary alicyclic amines) is 1. The molecule has 1 aliphatic carbocycles. The molecule has 4 nitrogen and oxygen atoms in total. The van der Waals surface area contributed by atoms with Crippen LogP contribution >= 0.6 is 0 Å². The molecule has 0 aromatic rings. The van der Waals surface area contributed by atoms with E-state index in [2.05, 4.69) is 0 Å². The summed E-state index contributed by atoms with van der Waals surface area (Å²) in [6.07, 6.45) is 6.39. The maximum absolute atomic E-state index is 12.5. The Labute approximate surface area is 115 Å². The Kier molecular flexibility index (Phi) is 4.16. The molecular formula is C15H25NO3. The molecule has 1 N–H and O–H groups in total. The lowest BCUT2D eigenvalue weighted by atomic mass is 9.84. The minimum absolute atomic E-state index is 0.0562. The van der Waals surface area contributed by atoms with Crippen LogP contribution in [0.3, 0.4) is 0 Å². The zero-order valence-electron chi connectivity index (χ0n) is 12.0. The number of nitrogens with zero attached hydrogens (tertiary/aromatic N) is 1. The second-order valence-corrected chi connectivity index (χ2v) is 6.90. The van der Waals surface area contributed by atoms with Crippen molar-refractivity contribution in [3.05, 3.63) is 0 Å². The molecule has 0 aromatic heterocycles. The number of rotatable bonds is 4. The van der Waals surface area contributed by atoms with E-state index in [1.165, 1.54) is 19.3 Å². The molecule has 19 heavy (non-hydrogen) atoms. The van der Waals surface area contributed by atoms with E-state index >= 15 is 0 Å². The topological polar surface area (TPSA) is 57.6 Å². The van der Waals surface area contributed by atoms with Crippen molar-refractivity contribution in [2.75, 3.05) is 6.54 Å². The molecule has 2 aliphatic rings. The normalized spacial score (nSPS) is 27.2. The van der Waals surface area contributed by atoms with E-state index < -0.39 is 11.4 Å². The summed E-state index contributed by atoms with van der Waals surface area (Å²) in [5.74, 6) is 0.0262. The van der Waals surface area contributed by atoms with Crippen molar-refractivity contribution in [3.8, 4) is 0 Å². The summed E-state index contributed by atoms with van der Waals surface area (Å²) in [5.41, 5.74) is -0.450. The molecule has 2 rings (SSSR count). The first kappa shape index (κ1) is 14.4. The summed E-state index contributed by atoms with van der Waals surface area (Å²) in [6.45, 7) is 4.60. The van der Waals surface area contributed by atoms with Crippen LogP contribution in [0.4, 0.5) is 0 Å². The predicted molar refractivity (Wildman–Crippen MR) is 72.7 cm³/mol. The van der Waals surface area contributed by atoms with Gasteiger partial charge in [-0.1, -0.05) is 20.3 Å². The van der Waals surface area contributed by atoms with Crippen LogP contribution in [0.2, 0.25) is 0 Å². The van der Waals surface area contributed by atoms with Gasteiger partial charge in [0.2, 0.25) is 5.91 Å². The fraction of sp³-hybridized carbons (Fsp3) is 0.867. The molecule has 0 bridgehead atoms. The summed E-state index contributed by atoms with van der Waals surface area (Å²) in [4.78, 5) is 25.3. The fourth-order valence-electron chi connectivity index (χ4n) is 3.75. The van der Waals surface area contributed by atoms with Crippen molar-refractivity contribution in [1.29, 1.82) is 0 Å². The number of piperidine rings is 1. The van der Waals surface area contributed by atoms with Gasteiger partial charge in [0.1, 0.15) is 0 Å². The van der Waals surface area contributed by atoms with Crippen LogP contribution in [-0.4, -0.2) is 34.5 Å². The van der Waals surface area contributed by atoms with Crippen LogP contribution in [0, 0.1) is 11.3 Å². The Morgan fingerprint density at radius 2 is 1.84 bits per heavy atom. The lowest BCUT2D eigenvalue weighted by molar-refractivity contribution is -0.142. The minimum Gasteiger partial charge on any atom is -0.481 e. The van der Waals surface area contributed by atoms with E-state index in [1.807, 2.05) is 18.7 Å². The lowest BCUT2D eigenvalue weighted by Crippen LogP contribution is -2.47. The smallest absolute Gasteiger partial charge is 0.303 e. The molecule has 4 heteroatoms. The Morgan fingerprint density at radius 3 is 2.53 bits per heavy atom. The van der Waals surface area contributed by atoms with Gasteiger partial charge in [0.05, 0.1) is 6.42 Å². The maximum atomic E-state index is 12.5. The van der Waals surface area contributed by atoms with Crippen LogP contribution in [0.5, 0.6) is 0 Å².